The molecular weight excluding hydrogens is 382 g/mol. The van der Waals surface area contributed by atoms with E-state index in [1.165, 1.54) is 0 Å². The van der Waals surface area contributed by atoms with Crippen LogP contribution in [0.3, 0.4) is 0 Å². The Balaban J connectivity index is 1.81. The highest BCUT2D eigenvalue weighted by atomic mass is 35.5. The maximum atomic E-state index is 13.1. The Hall–Kier alpha value is -3.20. The van der Waals surface area contributed by atoms with Crippen molar-refractivity contribution in [2.45, 2.75) is 27.3 Å². The van der Waals surface area contributed by atoms with Crippen molar-refractivity contribution in [3.05, 3.63) is 40.3 Å². The molecule has 0 saturated carbocycles. The van der Waals surface area contributed by atoms with Crippen molar-refractivity contribution in [3.63, 3.8) is 0 Å². The van der Waals surface area contributed by atoms with E-state index in [9.17, 15) is 4.79 Å². The molecule has 4 rings (SSSR count). The van der Waals surface area contributed by atoms with Gasteiger partial charge in [0.1, 0.15) is 10.7 Å². The van der Waals surface area contributed by atoms with Crippen LogP contribution in [0.25, 0.3) is 22.5 Å². The van der Waals surface area contributed by atoms with Crippen LogP contribution in [0.15, 0.2) is 22.9 Å². The summed E-state index contributed by atoms with van der Waals surface area (Å²) in [6.45, 7) is 6.30. The molecule has 28 heavy (non-hydrogen) atoms. The van der Waals surface area contributed by atoms with E-state index in [1.54, 1.807) is 29.4 Å². The second-order valence-corrected chi connectivity index (χ2v) is 6.76. The summed E-state index contributed by atoms with van der Waals surface area (Å²) in [4.78, 5) is 17.5. The number of nitrogens with zero attached hydrogens (tertiary/aromatic N) is 6. The van der Waals surface area contributed by atoms with Gasteiger partial charge in [-0.15, -0.1) is 0 Å². The van der Waals surface area contributed by atoms with Gasteiger partial charge in [0.2, 0.25) is 0 Å². The van der Waals surface area contributed by atoms with Gasteiger partial charge in [-0.1, -0.05) is 16.8 Å². The molecule has 0 saturated heterocycles. The average molecular weight is 400 g/mol. The molecule has 0 unspecified atom stereocenters. The molecule has 0 fully saturated rings. The summed E-state index contributed by atoms with van der Waals surface area (Å²) in [6.07, 6.45) is 1.85. The Morgan fingerprint density at radius 1 is 1.29 bits per heavy atom. The first-order valence-corrected chi connectivity index (χ1v) is 9.08. The molecule has 0 spiro atoms. The largest absolute Gasteiger partial charge is 0.335 e. The minimum Gasteiger partial charge on any atom is -0.335 e. The Morgan fingerprint density at radius 3 is 2.71 bits per heavy atom. The number of aryl methyl sites for hydroxylation is 3. The molecule has 0 aliphatic rings. The van der Waals surface area contributed by atoms with Gasteiger partial charge in [0.05, 0.1) is 28.0 Å². The molecule has 1 N–H and O–H groups in total. The fraction of sp³-hybridized carbons (Fsp3) is 0.278. The fourth-order valence-corrected chi connectivity index (χ4v) is 3.12. The number of pyridine rings is 1. The number of amides is 1. The maximum Gasteiger partial charge on any atom is 0.259 e. The van der Waals surface area contributed by atoms with Gasteiger partial charge >= 0.3 is 0 Å². The molecule has 144 valence electrons. The monoisotopic (exact) mass is 399 g/mol. The van der Waals surface area contributed by atoms with E-state index in [-0.39, 0.29) is 11.6 Å². The van der Waals surface area contributed by atoms with Gasteiger partial charge in [-0.3, -0.25) is 14.2 Å². The molecule has 4 heterocycles. The van der Waals surface area contributed by atoms with Crippen molar-refractivity contribution < 1.29 is 9.32 Å². The smallest absolute Gasteiger partial charge is 0.259 e. The molecule has 4 aromatic rings. The highest BCUT2D eigenvalue weighted by molar-refractivity contribution is 6.34. The SMILES string of the molecule is CCn1ccc(-c2cc(C(=O)Nc3nn(C)c(C)c3Cl)c3c(C)noc3n2)n1. The third-order valence-corrected chi connectivity index (χ3v) is 5.03. The summed E-state index contributed by atoms with van der Waals surface area (Å²) in [6, 6.07) is 3.51. The lowest BCUT2D eigenvalue weighted by atomic mass is 10.1. The lowest BCUT2D eigenvalue weighted by molar-refractivity contribution is 0.102. The molecule has 0 radical (unpaired) electrons. The minimum atomic E-state index is -0.380. The zero-order valence-electron chi connectivity index (χ0n) is 15.8. The standard InChI is InChI=1S/C18H18ClN7O2/c1-5-26-7-6-12(22-26)13-8-11(14-9(2)24-28-18(14)20-13)17(27)21-16-15(19)10(3)25(4)23-16/h6-8H,5H2,1-4H3,(H,21,23,27). The van der Waals surface area contributed by atoms with Gasteiger partial charge in [-0.25, -0.2) is 4.98 Å². The van der Waals surface area contributed by atoms with E-state index in [1.807, 2.05) is 26.1 Å². The third-order valence-electron chi connectivity index (χ3n) is 4.58. The normalized spacial score (nSPS) is 11.3. The summed E-state index contributed by atoms with van der Waals surface area (Å²) in [5.41, 5.74) is 3.12. The number of fused-ring (bicyclic) bond motifs is 1. The molecule has 0 bridgehead atoms. The lowest BCUT2D eigenvalue weighted by Crippen LogP contribution is -2.14. The number of carbonyl (C=O) groups excluding carboxylic acids is 1. The Bertz CT molecular complexity index is 1200. The van der Waals surface area contributed by atoms with E-state index in [4.69, 9.17) is 16.1 Å². The Morgan fingerprint density at radius 2 is 2.07 bits per heavy atom. The van der Waals surface area contributed by atoms with E-state index in [2.05, 4.69) is 25.7 Å². The van der Waals surface area contributed by atoms with Crippen LogP contribution < -0.4 is 5.32 Å². The number of nitrogens with one attached hydrogen (secondary N) is 1. The van der Waals surface area contributed by atoms with Crippen LogP contribution in [0.4, 0.5) is 5.82 Å². The van der Waals surface area contributed by atoms with Gasteiger partial charge in [0.15, 0.2) is 5.82 Å². The second kappa shape index (κ2) is 6.75. The number of hydrogen-bond acceptors (Lipinski definition) is 6. The third kappa shape index (κ3) is 2.93. The summed E-state index contributed by atoms with van der Waals surface area (Å²) in [5.74, 6) is -0.0857. The summed E-state index contributed by atoms with van der Waals surface area (Å²) >= 11 is 6.27. The van der Waals surface area contributed by atoms with E-state index < -0.39 is 0 Å². The molecule has 10 heteroatoms. The average Bonchev–Trinajstić information content (AvgIpc) is 3.37. The number of anilines is 1. The number of hydrogen-bond donors (Lipinski definition) is 1. The molecule has 9 nitrogen and oxygen atoms in total. The van der Waals surface area contributed by atoms with Crippen LogP contribution in [0, 0.1) is 13.8 Å². The zero-order valence-corrected chi connectivity index (χ0v) is 16.6. The molecule has 4 aromatic heterocycles. The van der Waals surface area contributed by atoms with Crippen molar-refractivity contribution in [1.29, 1.82) is 0 Å². The summed E-state index contributed by atoms with van der Waals surface area (Å²) in [7, 11) is 1.76. The fourth-order valence-electron chi connectivity index (χ4n) is 2.92. The highest BCUT2D eigenvalue weighted by Crippen LogP contribution is 2.29. The van der Waals surface area contributed by atoms with Crippen molar-refractivity contribution in [1.82, 2.24) is 29.7 Å². The van der Waals surface area contributed by atoms with E-state index in [0.717, 1.165) is 12.2 Å². The first-order chi connectivity index (χ1) is 13.4. The Labute approximate surface area is 165 Å². The van der Waals surface area contributed by atoms with Crippen LogP contribution in [-0.2, 0) is 13.6 Å². The van der Waals surface area contributed by atoms with Gasteiger partial charge in [0.25, 0.3) is 11.6 Å². The second-order valence-electron chi connectivity index (χ2n) is 6.39. The van der Waals surface area contributed by atoms with Crippen LogP contribution in [0.5, 0.6) is 0 Å². The lowest BCUT2D eigenvalue weighted by Gasteiger charge is -2.06. The number of rotatable bonds is 4. The molecule has 1 amide bonds. The Kier molecular flexibility index (Phi) is 4.38. The van der Waals surface area contributed by atoms with Crippen LogP contribution in [0.2, 0.25) is 5.02 Å². The summed E-state index contributed by atoms with van der Waals surface area (Å²) < 4.78 is 8.70. The number of aromatic nitrogens is 6. The molecule has 0 aliphatic carbocycles. The van der Waals surface area contributed by atoms with E-state index >= 15 is 0 Å². The quantitative estimate of drug-likeness (QED) is 0.564. The van der Waals surface area contributed by atoms with Crippen molar-refractivity contribution in [3.8, 4) is 11.4 Å². The molecular formula is C18H18ClN7O2. The van der Waals surface area contributed by atoms with Gasteiger partial charge in [-0.2, -0.15) is 10.2 Å². The number of halogens is 1. The van der Waals surface area contributed by atoms with Gasteiger partial charge in [0, 0.05) is 19.8 Å². The first kappa shape index (κ1) is 18.2. The van der Waals surface area contributed by atoms with Crippen LogP contribution in [-0.4, -0.2) is 35.6 Å². The highest BCUT2D eigenvalue weighted by Gasteiger charge is 2.22. The van der Waals surface area contributed by atoms with E-state index in [0.29, 0.717) is 38.9 Å². The molecule has 0 atom stereocenters. The van der Waals surface area contributed by atoms with Crippen molar-refractivity contribution in [2.24, 2.45) is 7.05 Å². The summed E-state index contributed by atoms with van der Waals surface area (Å²) in [5, 5.41) is 16.3. The predicted octanol–water partition coefficient (Wildman–Crippen LogP) is 3.36. The van der Waals surface area contributed by atoms with Gasteiger partial charge in [-0.05, 0) is 32.9 Å². The van der Waals surface area contributed by atoms with Gasteiger partial charge < -0.3 is 9.84 Å². The predicted molar refractivity (Wildman–Crippen MR) is 104 cm³/mol. The molecule has 0 aromatic carbocycles. The first-order valence-electron chi connectivity index (χ1n) is 8.70. The van der Waals surface area contributed by atoms with Crippen molar-refractivity contribution in [2.75, 3.05) is 5.32 Å². The topological polar surface area (TPSA) is 104 Å². The minimum absolute atomic E-state index is 0.273. The van der Waals surface area contributed by atoms with Crippen LogP contribution >= 0.6 is 11.6 Å². The van der Waals surface area contributed by atoms with Crippen molar-refractivity contribution >= 4 is 34.4 Å². The number of carbonyl (C=O) groups is 1. The molecule has 0 aliphatic heterocycles. The van der Waals surface area contributed by atoms with Crippen LogP contribution in [0.1, 0.15) is 28.7 Å². The maximum absolute atomic E-state index is 13.1. The zero-order chi connectivity index (χ0) is 20.0.